The summed E-state index contributed by atoms with van der Waals surface area (Å²) in [5.41, 5.74) is 1.15. The van der Waals surface area contributed by atoms with Crippen LogP contribution in [0.3, 0.4) is 0 Å². The summed E-state index contributed by atoms with van der Waals surface area (Å²) in [7, 11) is 0. The molecule has 0 aliphatic carbocycles. The van der Waals surface area contributed by atoms with E-state index in [0.29, 0.717) is 11.1 Å². The minimum atomic E-state index is -0.711. The lowest BCUT2D eigenvalue weighted by Crippen LogP contribution is -2.21. The standard InChI is InChI=1S/C24H18O2/c1-16(23(25)21-12-10-17-6-2-4-8-19(17)14-21)24(26)22-13-11-18-7-3-5-9-20(18)15-22/h2-16H,1H3. The second kappa shape index (κ2) is 6.57. The third-order valence-electron chi connectivity index (χ3n) is 4.85. The van der Waals surface area contributed by atoms with E-state index in [2.05, 4.69) is 0 Å². The SMILES string of the molecule is CC(C(=O)c1ccc2ccccc2c1)C(=O)c1ccc2ccccc2c1. The lowest BCUT2D eigenvalue weighted by atomic mass is 9.90. The van der Waals surface area contributed by atoms with E-state index >= 15 is 0 Å². The predicted octanol–water partition coefficient (Wildman–Crippen LogP) is 5.69. The van der Waals surface area contributed by atoms with Gasteiger partial charge < -0.3 is 0 Å². The van der Waals surface area contributed by atoms with Crippen LogP contribution in [-0.2, 0) is 0 Å². The van der Waals surface area contributed by atoms with E-state index in [9.17, 15) is 9.59 Å². The Morgan fingerprint density at radius 1 is 0.577 bits per heavy atom. The average molecular weight is 338 g/mol. The van der Waals surface area contributed by atoms with Crippen molar-refractivity contribution in [3.8, 4) is 0 Å². The summed E-state index contributed by atoms with van der Waals surface area (Å²) in [6, 6.07) is 27.0. The van der Waals surface area contributed by atoms with Crippen LogP contribution in [0.5, 0.6) is 0 Å². The van der Waals surface area contributed by atoms with Crippen LogP contribution < -0.4 is 0 Å². The van der Waals surface area contributed by atoms with E-state index in [4.69, 9.17) is 0 Å². The molecule has 0 saturated carbocycles. The Labute approximate surface area is 152 Å². The van der Waals surface area contributed by atoms with E-state index in [0.717, 1.165) is 21.5 Å². The summed E-state index contributed by atoms with van der Waals surface area (Å²) in [6.07, 6.45) is 0. The number of carbonyl (C=O) groups excluding carboxylic acids is 2. The summed E-state index contributed by atoms with van der Waals surface area (Å²) < 4.78 is 0. The van der Waals surface area contributed by atoms with Crippen LogP contribution >= 0.6 is 0 Å². The van der Waals surface area contributed by atoms with Gasteiger partial charge in [-0.25, -0.2) is 0 Å². The molecule has 4 aromatic carbocycles. The van der Waals surface area contributed by atoms with Gasteiger partial charge in [-0.2, -0.15) is 0 Å². The van der Waals surface area contributed by atoms with Crippen molar-refractivity contribution in [2.75, 3.05) is 0 Å². The molecule has 0 heterocycles. The maximum Gasteiger partial charge on any atom is 0.173 e. The highest BCUT2D eigenvalue weighted by atomic mass is 16.1. The molecule has 0 aliphatic heterocycles. The van der Waals surface area contributed by atoms with Crippen LogP contribution in [0.2, 0.25) is 0 Å². The number of benzene rings is 4. The topological polar surface area (TPSA) is 34.1 Å². The van der Waals surface area contributed by atoms with Gasteiger partial charge in [-0.15, -0.1) is 0 Å². The molecule has 0 saturated heterocycles. The van der Waals surface area contributed by atoms with Gasteiger partial charge >= 0.3 is 0 Å². The molecule has 0 atom stereocenters. The van der Waals surface area contributed by atoms with Gasteiger partial charge in [0.05, 0.1) is 5.92 Å². The highest BCUT2D eigenvalue weighted by molar-refractivity contribution is 6.17. The molecule has 0 bridgehead atoms. The minimum Gasteiger partial charge on any atom is -0.293 e. The number of hydrogen-bond donors (Lipinski definition) is 0. The molecule has 0 aliphatic rings. The van der Waals surface area contributed by atoms with Crippen LogP contribution in [-0.4, -0.2) is 11.6 Å². The molecule has 0 N–H and O–H groups in total. The van der Waals surface area contributed by atoms with Crippen molar-refractivity contribution in [2.24, 2.45) is 5.92 Å². The molecule has 0 amide bonds. The number of hydrogen-bond acceptors (Lipinski definition) is 2. The minimum absolute atomic E-state index is 0.145. The molecule has 0 unspecified atom stereocenters. The highest BCUT2D eigenvalue weighted by Crippen LogP contribution is 2.22. The van der Waals surface area contributed by atoms with Gasteiger partial charge in [0.2, 0.25) is 0 Å². The maximum atomic E-state index is 12.8. The normalized spacial score (nSPS) is 11.2. The van der Waals surface area contributed by atoms with Crippen molar-refractivity contribution in [3.05, 3.63) is 96.1 Å². The number of ketones is 2. The van der Waals surface area contributed by atoms with Crippen LogP contribution in [0.25, 0.3) is 21.5 Å². The number of fused-ring (bicyclic) bond motifs is 2. The quantitative estimate of drug-likeness (QED) is 0.353. The van der Waals surface area contributed by atoms with Crippen LogP contribution in [0.1, 0.15) is 27.6 Å². The fourth-order valence-corrected chi connectivity index (χ4v) is 3.30. The first-order valence-electron chi connectivity index (χ1n) is 8.69. The van der Waals surface area contributed by atoms with Crippen LogP contribution in [0, 0.1) is 5.92 Å². The number of carbonyl (C=O) groups is 2. The first kappa shape index (κ1) is 16.2. The third-order valence-corrected chi connectivity index (χ3v) is 4.85. The summed E-state index contributed by atoms with van der Waals surface area (Å²) >= 11 is 0. The number of Topliss-reactive ketones (excluding diaryl/α,β-unsaturated/α-hetero) is 2. The van der Waals surface area contributed by atoms with E-state index in [1.54, 1.807) is 19.1 Å². The highest BCUT2D eigenvalue weighted by Gasteiger charge is 2.24. The van der Waals surface area contributed by atoms with Gasteiger partial charge in [-0.05, 0) is 40.6 Å². The summed E-state index contributed by atoms with van der Waals surface area (Å²) in [6.45, 7) is 1.69. The van der Waals surface area contributed by atoms with Crippen molar-refractivity contribution in [1.82, 2.24) is 0 Å². The fourth-order valence-electron chi connectivity index (χ4n) is 3.30. The van der Waals surface area contributed by atoms with E-state index in [1.807, 2.05) is 72.8 Å². The first-order valence-corrected chi connectivity index (χ1v) is 8.69. The molecule has 0 aromatic heterocycles. The molecule has 2 heteroatoms. The molecule has 26 heavy (non-hydrogen) atoms. The molecule has 0 fully saturated rings. The first-order chi connectivity index (χ1) is 12.6. The van der Waals surface area contributed by atoms with Crippen molar-refractivity contribution in [1.29, 1.82) is 0 Å². The van der Waals surface area contributed by atoms with Gasteiger partial charge in [-0.3, -0.25) is 9.59 Å². The zero-order chi connectivity index (χ0) is 18.1. The average Bonchev–Trinajstić information content (AvgIpc) is 2.71. The maximum absolute atomic E-state index is 12.8. The molecule has 4 rings (SSSR count). The van der Waals surface area contributed by atoms with E-state index in [-0.39, 0.29) is 11.6 Å². The lowest BCUT2D eigenvalue weighted by molar-refractivity contribution is 0.0821. The van der Waals surface area contributed by atoms with Gasteiger partial charge in [0, 0.05) is 11.1 Å². The Balaban J connectivity index is 1.64. The largest absolute Gasteiger partial charge is 0.293 e. The van der Waals surface area contributed by atoms with Crippen LogP contribution in [0.15, 0.2) is 84.9 Å². The van der Waals surface area contributed by atoms with Crippen molar-refractivity contribution in [3.63, 3.8) is 0 Å². The zero-order valence-corrected chi connectivity index (χ0v) is 14.5. The molecule has 126 valence electrons. The fraction of sp³-hybridized carbons (Fsp3) is 0.0833. The molecular formula is C24H18O2. The summed E-state index contributed by atoms with van der Waals surface area (Å²) in [4.78, 5) is 25.7. The molecule has 2 nitrogen and oxygen atoms in total. The Morgan fingerprint density at radius 2 is 0.962 bits per heavy atom. The number of rotatable bonds is 4. The molecule has 0 spiro atoms. The lowest BCUT2D eigenvalue weighted by Gasteiger charge is -2.11. The second-order valence-corrected chi connectivity index (χ2v) is 6.57. The predicted molar refractivity (Wildman–Crippen MR) is 106 cm³/mol. The second-order valence-electron chi connectivity index (χ2n) is 6.57. The third kappa shape index (κ3) is 2.91. The van der Waals surface area contributed by atoms with E-state index < -0.39 is 5.92 Å². The monoisotopic (exact) mass is 338 g/mol. The Bertz CT molecular complexity index is 1050. The Hall–Kier alpha value is -3.26. The Morgan fingerprint density at radius 3 is 1.38 bits per heavy atom. The molecule has 4 aromatic rings. The summed E-state index contributed by atoms with van der Waals surface area (Å²) in [5.74, 6) is -1.000. The van der Waals surface area contributed by atoms with Crippen molar-refractivity contribution >= 4 is 33.1 Å². The zero-order valence-electron chi connectivity index (χ0n) is 14.5. The van der Waals surface area contributed by atoms with Gasteiger partial charge in [-0.1, -0.05) is 72.8 Å². The van der Waals surface area contributed by atoms with Gasteiger partial charge in [0.1, 0.15) is 0 Å². The van der Waals surface area contributed by atoms with Gasteiger partial charge in [0.15, 0.2) is 11.6 Å². The van der Waals surface area contributed by atoms with Crippen molar-refractivity contribution in [2.45, 2.75) is 6.92 Å². The molecule has 0 radical (unpaired) electrons. The van der Waals surface area contributed by atoms with E-state index in [1.165, 1.54) is 0 Å². The summed E-state index contributed by atoms with van der Waals surface area (Å²) in [5, 5.41) is 4.17. The smallest absolute Gasteiger partial charge is 0.173 e. The van der Waals surface area contributed by atoms with Crippen LogP contribution in [0.4, 0.5) is 0 Å². The van der Waals surface area contributed by atoms with Crippen molar-refractivity contribution < 1.29 is 9.59 Å². The molecular weight excluding hydrogens is 320 g/mol. The Kier molecular flexibility index (Phi) is 4.10. The van der Waals surface area contributed by atoms with Gasteiger partial charge in [0.25, 0.3) is 0 Å².